The van der Waals surface area contributed by atoms with E-state index in [4.69, 9.17) is 9.84 Å². The topological polar surface area (TPSA) is 91.8 Å². The molecule has 2 atom stereocenters. The first-order valence-electron chi connectivity index (χ1n) is 5.79. The van der Waals surface area contributed by atoms with Gasteiger partial charge < -0.3 is 20.1 Å². The van der Waals surface area contributed by atoms with Crippen molar-refractivity contribution in [1.29, 1.82) is 0 Å². The first-order valence-corrected chi connectivity index (χ1v) is 6.73. The second-order valence-corrected chi connectivity index (χ2v) is 4.96. The van der Waals surface area contributed by atoms with E-state index in [0.717, 1.165) is 5.69 Å². The van der Waals surface area contributed by atoms with Gasteiger partial charge in [-0.15, -0.1) is 11.3 Å². The van der Waals surface area contributed by atoms with Gasteiger partial charge in [-0.3, -0.25) is 0 Å². The number of thiazole rings is 1. The number of hydrogen-bond donors (Lipinski definition) is 2. The number of likely N-dealkylation sites (tertiary alicyclic amines) is 1. The number of aromatic nitrogens is 1. The molecular weight excluding hydrogens is 270 g/mol. The van der Waals surface area contributed by atoms with E-state index in [0.29, 0.717) is 13.0 Å². The molecule has 104 valence electrons. The van der Waals surface area contributed by atoms with Crippen molar-refractivity contribution >= 4 is 23.3 Å². The van der Waals surface area contributed by atoms with Crippen molar-refractivity contribution < 1.29 is 19.4 Å². The summed E-state index contributed by atoms with van der Waals surface area (Å²) in [7, 11) is 1.51. The Morgan fingerprint density at radius 1 is 1.68 bits per heavy atom. The number of carbonyl (C=O) groups excluding carboxylic acids is 1. The van der Waals surface area contributed by atoms with Gasteiger partial charge >= 0.3 is 12.0 Å². The molecule has 0 saturated carbocycles. The zero-order chi connectivity index (χ0) is 13.8. The lowest BCUT2D eigenvalue weighted by molar-refractivity contribution is -0.141. The molecule has 1 aliphatic heterocycles. The predicted molar refractivity (Wildman–Crippen MR) is 67.9 cm³/mol. The molecule has 8 heteroatoms. The summed E-state index contributed by atoms with van der Waals surface area (Å²) in [6.07, 6.45) is 0.0850. The van der Waals surface area contributed by atoms with Gasteiger partial charge in [0.1, 0.15) is 6.04 Å². The molecule has 2 unspecified atom stereocenters. The quantitative estimate of drug-likeness (QED) is 0.841. The third-order valence-electron chi connectivity index (χ3n) is 3.05. The van der Waals surface area contributed by atoms with Crippen LogP contribution in [0.25, 0.3) is 0 Å². The third-order valence-corrected chi connectivity index (χ3v) is 3.68. The van der Waals surface area contributed by atoms with Crippen molar-refractivity contribution in [2.75, 3.05) is 13.7 Å². The smallest absolute Gasteiger partial charge is 0.326 e. The second kappa shape index (κ2) is 5.98. The Balaban J connectivity index is 1.94. The lowest BCUT2D eigenvalue weighted by Crippen LogP contribution is -2.46. The summed E-state index contributed by atoms with van der Waals surface area (Å²) in [5.41, 5.74) is 2.44. The fourth-order valence-electron chi connectivity index (χ4n) is 2.02. The molecule has 0 aliphatic carbocycles. The summed E-state index contributed by atoms with van der Waals surface area (Å²) < 4.78 is 5.13. The molecule has 0 aromatic carbocycles. The molecule has 1 aromatic heterocycles. The molecule has 1 saturated heterocycles. The largest absolute Gasteiger partial charge is 0.480 e. The Labute approximate surface area is 114 Å². The number of hydrogen-bond acceptors (Lipinski definition) is 5. The molecule has 2 N–H and O–H groups in total. The maximum Gasteiger partial charge on any atom is 0.326 e. The maximum absolute atomic E-state index is 12.0. The van der Waals surface area contributed by atoms with Crippen molar-refractivity contribution in [3.63, 3.8) is 0 Å². The van der Waals surface area contributed by atoms with Crippen LogP contribution in [0, 0.1) is 0 Å². The average molecular weight is 285 g/mol. The van der Waals surface area contributed by atoms with Gasteiger partial charge in [-0.2, -0.15) is 0 Å². The lowest BCUT2D eigenvalue weighted by atomic mass is 10.2. The molecule has 7 nitrogen and oxygen atoms in total. The number of nitrogens with one attached hydrogen (secondary N) is 1. The molecular formula is C11H15N3O4S. The Hall–Kier alpha value is -1.67. The maximum atomic E-state index is 12.0. The first-order chi connectivity index (χ1) is 9.11. The van der Waals surface area contributed by atoms with Crippen LogP contribution in [-0.4, -0.2) is 52.8 Å². The van der Waals surface area contributed by atoms with E-state index in [1.165, 1.54) is 23.3 Å². The number of methoxy groups -OCH3 is 1. The van der Waals surface area contributed by atoms with Gasteiger partial charge in [-0.25, -0.2) is 14.6 Å². The number of carboxylic acid groups (broad SMARTS) is 1. The van der Waals surface area contributed by atoms with Crippen LogP contribution in [0.5, 0.6) is 0 Å². The fraction of sp³-hybridized carbons (Fsp3) is 0.545. The van der Waals surface area contributed by atoms with Gasteiger partial charge in [0.05, 0.1) is 23.9 Å². The fourth-order valence-corrected chi connectivity index (χ4v) is 2.58. The minimum atomic E-state index is -1.01. The van der Waals surface area contributed by atoms with Gasteiger partial charge in [0.15, 0.2) is 0 Å². The molecule has 1 aliphatic rings. The van der Waals surface area contributed by atoms with Crippen LogP contribution >= 0.6 is 11.3 Å². The standard InChI is InChI=1S/C11H15N3O4S/c1-18-8-2-9(10(15)16)14(4-8)11(17)12-3-7-5-19-6-13-7/h5-6,8-9H,2-4H2,1H3,(H,12,17)(H,15,16). The number of amides is 2. The van der Waals surface area contributed by atoms with E-state index in [1.54, 1.807) is 5.51 Å². The van der Waals surface area contributed by atoms with E-state index in [9.17, 15) is 9.59 Å². The number of nitrogens with zero attached hydrogens (tertiary/aromatic N) is 2. The number of carbonyl (C=O) groups is 2. The van der Waals surface area contributed by atoms with E-state index < -0.39 is 18.0 Å². The third kappa shape index (κ3) is 3.21. The highest BCUT2D eigenvalue weighted by atomic mass is 32.1. The van der Waals surface area contributed by atoms with Crippen LogP contribution in [0.1, 0.15) is 12.1 Å². The Morgan fingerprint density at radius 2 is 2.47 bits per heavy atom. The number of urea groups is 1. The second-order valence-electron chi connectivity index (χ2n) is 4.24. The van der Waals surface area contributed by atoms with Crippen molar-refractivity contribution in [3.05, 3.63) is 16.6 Å². The van der Waals surface area contributed by atoms with E-state index in [1.807, 2.05) is 5.38 Å². The van der Waals surface area contributed by atoms with Gasteiger partial charge in [0.2, 0.25) is 0 Å². The zero-order valence-corrected chi connectivity index (χ0v) is 11.2. The minimum Gasteiger partial charge on any atom is -0.480 e. The van der Waals surface area contributed by atoms with Crippen molar-refractivity contribution in [2.45, 2.75) is 25.1 Å². The van der Waals surface area contributed by atoms with Crippen molar-refractivity contribution in [2.24, 2.45) is 0 Å². The van der Waals surface area contributed by atoms with Gasteiger partial charge in [0.25, 0.3) is 0 Å². The van der Waals surface area contributed by atoms with Crippen LogP contribution < -0.4 is 5.32 Å². The molecule has 2 rings (SSSR count). The normalized spacial score (nSPS) is 22.5. The molecule has 0 radical (unpaired) electrons. The highest BCUT2D eigenvalue weighted by Gasteiger charge is 2.39. The molecule has 1 aromatic rings. The molecule has 1 fully saturated rings. The average Bonchev–Trinajstić information content (AvgIpc) is 3.04. The van der Waals surface area contributed by atoms with E-state index in [2.05, 4.69) is 10.3 Å². The van der Waals surface area contributed by atoms with Gasteiger partial charge in [0, 0.05) is 25.5 Å². The predicted octanol–water partition coefficient (Wildman–Crippen LogP) is 0.527. The molecule has 0 bridgehead atoms. The number of carboxylic acids is 1. The lowest BCUT2D eigenvalue weighted by Gasteiger charge is -2.21. The summed E-state index contributed by atoms with van der Waals surface area (Å²) >= 11 is 1.44. The monoisotopic (exact) mass is 285 g/mol. The van der Waals surface area contributed by atoms with Crippen LogP contribution in [0.2, 0.25) is 0 Å². The highest BCUT2D eigenvalue weighted by molar-refractivity contribution is 7.07. The molecule has 2 amide bonds. The van der Waals surface area contributed by atoms with Gasteiger partial charge in [-0.1, -0.05) is 0 Å². The summed E-state index contributed by atoms with van der Waals surface area (Å²) in [6.45, 7) is 0.583. The van der Waals surface area contributed by atoms with E-state index in [-0.39, 0.29) is 12.6 Å². The molecule has 2 heterocycles. The number of ether oxygens (including phenoxy) is 1. The molecule has 19 heavy (non-hydrogen) atoms. The SMILES string of the molecule is COC1CC(C(=O)O)N(C(=O)NCc2cscn2)C1. The summed E-state index contributed by atoms with van der Waals surface area (Å²) in [5.74, 6) is -1.01. The van der Waals surface area contributed by atoms with Crippen LogP contribution in [0.3, 0.4) is 0 Å². The van der Waals surface area contributed by atoms with Crippen LogP contribution in [-0.2, 0) is 16.1 Å². The van der Waals surface area contributed by atoms with Crippen LogP contribution in [0.4, 0.5) is 4.79 Å². The summed E-state index contributed by atoms with van der Waals surface area (Å²) in [6, 6.07) is -1.24. The van der Waals surface area contributed by atoms with Crippen molar-refractivity contribution in [3.8, 4) is 0 Å². The number of rotatable bonds is 4. The first kappa shape index (κ1) is 13.8. The highest BCUT2D eigenvalue weighted by Crippen LogP contribution is 2.20. The number of aliphatic carboxylic acids is 1. The minimum absolute atomic E-state index is 0.230. The zero-order valence-electron chi connectivity index (χ0n) is 10.4. The Morgan fingerprint density at radius 3 is 3.05 bits per heavy atom. The molecule has 0 spiro atoms. The van der Waals surface area contributed by atoms with Gasteiger partial charge in [-0.05, 0) is 0 Å². The summed E-state index contributed by atoms with van der Waals surface area (Å²) in [5, 5.41) is 13.6. The Kier molecular flexibility index (Phi) is 4.33. The van der Waals surface area contributed by atoms with Crippen LogP contribution in [0.15, 0.2) is 10.9 Å². The summed E-state index contributed by atoms with van der Waals surface area (Å²) in [4.78, 5) is 28.5. The van der Waals surface area contributed by atoms with E-state index >= 15 is 0 Å². The van der Waals surface area contributed by atoms with Crippen molar-refractivity contribution in [1.82, 2.24) is 15.2 Å². The Bertz CT molecular complexity index is 451.